The molecule has 1 aromatic rings. The zero-order valence-corrected chi connectivity index (χ0v) is 8.82. The number of benzene rings is 1. The SMILES string of the molecule is CC1(c2cc(F)ccc2F)CCCNC1. The highest BCUT2D eigenvalue weighted by Gasteiger charge is 2.31. The van der Waals surface area contributed by atoms with E-state index in [0.717, 1.165) is 19.4 Å². The van der Waals surface area contributed by atoms with Crippen LogP contribution in [0.25, 0.3) is 0 Å². The summed E-state index contributed by atoms with van der Waals surface area (Å²) >= 11 is 0. The first-order valence-corrected chi connectivity index (χ1v) is 5.28. The third kappa shape index (κ3) is 2.02. The smallest absolute Gasteiger partial charge is 0.127 e. The number of halogens is 2. The summed E-state index contributed by atoms with van der Waals surface area (Å²) in [5.74, 6) is -0.666. The van der Waals surface area contributed by atoms with Crippen molar-refractivity contribution in [1.82, 2.24) is 5.32 Å². The Morgan fingerprint density at radius 2 is 2.13 bits per heavy atom. The highest BCUT2D eigenvalue weighted by Crippen LogP contribution is 2.32. The first-order valence-electron chi connectivity index (χ1n) is 5.28. The van der Waals surface area contributed by atoms with Crippen LogP contribution in [0.15, 0.2) is 18.2 Å². The zero-order valence-electron chi connectivity index (χ0n) is 8.82. The quantitative estimate of drug-likeness (QED) is 0.753. The van der Waals surface area contributed by atoms with Crippen molar-refractivity contribution in [2.45, 2.75) is 25.2 Å². The second-order valence-electron chi connectivity index (χ2n) is 4.47. The molecular formula is C12H15F2N. The van der Waals surface area contributed by atoms with Gasteiger partial charge in [-0.15, -0.1) is 0 Å². The molecule has 1 aliphatic heterocycles. The topological polar surface area (TPSA) is 12.0 Å². The Labute approximate surface area is 88.5 Å². The number of rotatable bonds is 1. The maximum absolute atomic E-state index is 13.6. The summed E-state index contributed by atoms with van der Waals surface area (Å²) in [4.78, 5) is 0. The van der Waals surface area contributed by atoms with Crippen LogP contribution in [-0.4, -0.2) is 13.1 Å². The van der Waals surface area contributed by atoms with Gasteiger partial charge in [-0.25, -0.2) is 8.78 Å². The molecule has 1 nitrogen and oxygen atoms in total. The fraction of sp³-hybridized carbons (Fsp3) is 0.500. The van der Waals surface area contributed by atoms with Gasteiger partial charge in [-0.3, -0.25) is 0 Å². The van der Waals surface area contributed by atoms with Gasteiger partial charge in [0.15, 0.2) is 0 Å². The van der Waals surface area contributed by atoms with Crippen molar-refractivity contribution in [3.8, 4) is 0 Å². The monoisotopic (exact) mass is 211 g/mol. The van der Waals surface area contributed by atoms with Crippen molar-refractivity contribution in [3.63, 3.8) is 0 Å². The van der Waals surface area contributed by atoms with Gasteiger partial charge in [0, 0.05) is 12.0 Å². The van der Waals surface area contributed by atoms with E-state index in [1.54, 1.807) is 0 Å². The van der Waals surface area contributed by atoms with E-state index in [1.807, 2.05) is 6.92 Å². The molecule has 0 spiro atoms. The molecule has 1 atom stereocenters. The number of nitrogens with one attached hydrogen (secondary N) is 1. The van der Waals surface area contributed by atoms with Crippen LogP contribution in [0.1, 0.15) is 25.3 Å². The lowest BCUT2D eigenvalue weighted by Crippen LogP contribution is -2.41. The maximum Gasteiger partial charge on any atom is 0.127 e. The van der Waals surface area contributed by atoms with Gasteiger partial charge in [-0.2, -0.15) is 0 Å². The van der Waals surface area contributed by atoms with E-state index in [2.05, 4.69) is 5.32 Å². The van der Waals surface area contributed by atoms with Crippen LogP contribution >= 0.6 is 0 Å². The molecule has 1 saturated heterocycles. The molecule has 0 bridgehead atoms. The number of piperidine rings is 1. The molecule has 0 saturated carbocycles. The third-order valence-corrected chi connectivity index (χ3v) is 3.18. The van der Waals surface area contributed by atoms with E-state index < -0.39 is 0 Å². The van der Waals surface area contributed by atoms with Gasteiger partial charge in [0.2, 0.25) is 0 Å². The summed E-state index contributed by atoms with van der Waals surface area (Å²) in [7, 11) is 0. The predicted octanol–water partition coefficient (Wildman–Crippen LogP) is 2.61. The Bertz CT molecular complexity index is 357. The van der Waals surface area contributed by atoms with Gasteiger partial charge in [0.05, 0.1) is 0 Å². The van der Waals surface area contributed by atoms with E-state index in [0.29, 0.717) is 12.1 Å². The molecule has 0 radical (unpaired) electrons. The number of hydrogen-bond donors (Lipinski definition) is 1. The van der Waals surface area contributed by atoms with Crippen molar-refractivity contribution < 1.29 is 8.78 Å². The summed E-state index contributed by atoms with van der Waals surface area (Å²) < 4.78 is 26.7. The number of hydrogen-bond acceptors (Lipinski definition) is 1. The molecule has 2 rings (SSSR count). The van der Waals surface area contributed by atoms with Crippen molar-refractivity contribution in [3.05, 3.63) is 35.4 Å². The van der Waals surface area contributed by atoms with Gasteiger partial charge >= 0.3 is 0 Å². The first-order chi connectivity index (χ1) is 7.12. The Morgan fingerprint density at radius 1 is 1.33 bits per heavy atom. The summed E-state index contributed by atoms with van der Waals surface area (Å²) in [6.45, 7) is 3.66. The molecule has 3 heteroatoms. The Morgan fingerprint density at radius 3 is 2.80 bits per heavy atom. The van der Waals surface area contributed by atoms with Gasteiger partial charge < -0.3 is 5.32 Å². The average Bonchev–Trinajstić information content (AvgIpc) is 2.23. The molecule has 1 fully saturated rings. The summed E-state index contributed by atoms with van der Waals surface area (Å²) in [5, 5.41) is 3.23. The maximum atomic E-state index is 13.6. The van der Waals surface area contributed by atoms with Crippen LogP contribution in [-0.2, 0) is 5.41 Å². The van der Waals surface area contributed by atoms with Crippen LogP contribution in [0, 0.1) is 11.6 Å². The molecule has 1 aromatic carbocycles. The molecule has 82 valence electrons. The summed E-state index contributed by atoms with van der Waals surface area (Å²) in [6.07, 6.45) is 1.91. The molecule has 15 heavy (non-hydrogen) atoms. The van der Waals surface area contributed by atoms with E-state index in [1.165, 1.54) is 18.2 Å². The highest BCUT2D eigenvalue weighted by molar-refractivity contribution is 5.28. The van der Waals surface area contributed by atoms with Crippen LogP contribution in [0.2, 0.25) is 0 Å². The fourth-order valence-corrected chi connectivity index (χ4v) is 2.25. The second-order valence-corrected chi connectivity index (χ2v) is 4.47. The highest BCUT2D eigenvalue weighted by atomic mass is 19.1. The minimum absolute atomic E-state index is 0.273. The van der Waals surface area contributed by atoms with Crippen LogP contribution in [0.3, 0.4) is 0 Å². The van der Waals surface area contributed by atoms with E-state index in [-0.39, 0.29) is 17.0 Å². The predicted molar refractivity (Wildman–Crippen MR) is 55.8 cm³/mol. The van der Waals surface area contributed by atoms with Gasteiger partial charge in [0.25, 0.3) is 0 Å². The van der Waals surface area contributed by atoms with Gasteiger partial charge in [-0.1, -0.05) is 6.92 Å². The largest absolute Gasteiger partial charge is 0.316 e. The van der Waals surface area contributed by atoms with E-state index >= 15 is 0 Å². The Balaban J connectivity index is 2.38. The molecule has 1 heterocycles. The van der Waals surface area contributed by atoms with E-state index in [9.17, 15) is 8.78 Å². The third-order valence-electron chi connectivity index (χ3n) is 3.18. The van der Waals surface area contributed by atoms with E-state index in [4.69, 9.17) is 0 Å². The Kier molecular flexibility index (Phi) is 2.74. The van der Waals surface area contributed by atoms with Gasteiger partial charge in [0.1, 0.15) is 11.6 Å². The van der Waals surface area contributed by atoms with Crippen LogP contribution < -0.4 is 5.32 Å². The molecule has 1 unspecified atom stereocenters. The lowest BCUT2D eigenvalue weighted by Gasteiger charge is -2.34. The van der Waals surface area contributed by atoms with Crippen LogP contribution in [0.5, 0.6) is 0 Å². The summed E-state index contributed by atoms with van der Waals surface area (Å²) in [6, 6.07) is 3.70. The Hall–Kier alpha value is -0.960. The van der Waals surface area contributed by atoms with Crippen molar-refractivity contribution in [1.29, 1.82) is 0 Å². The van der Waals surface area contributed by atoms with Crippen molar-refractivity contribution in [2.24, 2.45) is 0 Å². The average molecular weight is 211 g/mol. The second kappa shape index (κ2) is 3.89. The fourth-order valence-electron chi connectivity index (χ4n) is 2.25. The molecule has 1 N–H and O–H groups in total. The zero-order chi connectivity index (χ0) is 10.9. The lowest BCUT2D eigenvalue weighted by molar-refractivity contribution is 0.327. The molecule has 0 aromatic heterocycles. The van der Waals surface area contributed by atoms with Crippen LogP contribution in [0.4, 0.5) is 8.78 Å². The van der Waals surface area contributed by atoms with Gasteiger partial charge in [-0.05, 0) is 43.1 Å². The van der Waals surface area contributed by atoms with Crippen molar-refractivity contribution >= 4 is 0 Å². The summed E-state index contributed by atoms with van der Waals surface area (Å²) in [5.41, 5.74) is 0.222. The normalized spacial score (nSPS) is 26.6. The molecule has 1 aliphatic rings. The standard InChI is InChI=1S/C12H15F2N/c1-12(5-2-6-15-8-12)10-7-9(13)3-4-11(10)14/h3-4,7,15H,2,5-6,8H2,1H3. The minimum Gasteiger partial charge on any atom is -0.316 e. The minimum atomic E-state index is -0.363. The molecule has 0 aliphatic carbocycles. The van der Waals surface area contributed by atoms with Crippen molar-refractivity contribution in [2.75, 3.05) is 13.1 Å². The lowest BCUT2D eigenvalue weighted by atomic mass is 9.76. The molecule has 0 amide bonds. The molecular weight excluding hydrogens is 196 g/mol. The first kappa shape index (κ1) is 10.6.